The summed E-state index contributed by atoms with van der Waals surface area (Å²) in [6, 6.07) is 13.2. The standard InChI is InChI=1S/C18H18N2O4/c1-19-16(21)11-12-3-9-15(10-4-12)20-17(22)13-5-7-14(8-6-13)18(23)24-2/h3-10H,11H2,1-2H3,(H,19,21)(H,20,22). The highest BCUT2D eigenvalue weighted by Crippen LogP contribution is 2.13. The summed E-state index contributed by atoms with van der Waals surface area (Å²) in [5.41, 5.74) is 2.29. The van der Waals surface area contributed by atoms with Crippen LogP contribution in [0.1, 0.15) is 26.3 Å². The molecule has 124 valence electrons. The first-order valence-corrected chi connectivity index (χ1v) is 7.32. The first kappa shape index (κ1) is 17.2. The van der Waals surface area contributed by atoms with Crippen LogP contribution in [-0.4, -0.2) is 31.9 Å². The predicted molar refractivity (Wildman–Crippen MR) is 89.9 cm³/mol. The monoisotopic (exact) mass is 326 g/mol. The van der Waals surface area contributed by atoms with Gasteiger partial charge >= 0.3 is 5.97 Å². The molecule has 0 aliphatic carbocycles. The van der Waals surface area contributed by atoms with E-state index in [1.54, 1.807) is 43.4 Å². The maximum atomic E-state index is 12.2. The number of hydrogen-bond acceptors (Lipinski definition) is 4. The molecule has 2 rings (SSSR count). The van der Waals surface area contributed by atoms with Gasteiger partial charge < -0.3 is 15.4 Å². The van der Waals surface area contributed by atoms with E-state index < -0.39 is 5.97 Å². The SMILES string of the molecule is CNC(=O)Cc1ccc(NC(=O)c2ccc(C(=O)OC)cc2)cc1. The zero-order valence-electron chi connectivity index (χ0n) is 13.5. The smallest absolute Gasteiger partial charge is 0.337 e. The van der Waals surface area contributed by atoms with Crippen molar-refractivity contribution in [2.75, 3.05) is 19.5 Å². The van der Waals surface area contributed by atoms with Crippen LogP contribution < -0.4 is 10.6 Å². The Morgan fingerprint density at radius 1 is 0.917 bits per heavy atom. The molecule has 0 radical (unpaired) electrons. The number of esters is 1. The van der Waals surface area contributed by atoms with E-state index in [1.165, 1.54) is 19.2 Å². The number of carbonyl (C=O) groups excluding carboxylic acids is 3. The molecular weight excluding hydrogens is 308 g/mol. The molecule has 0 atom stereocenters. The van der Waals surface area contributed by atoms with Crippen molar-refractivity contribution in [3.63, 3.8) is 0 Å². The highest BCUT2D eigenvalue weighted by atomic mass is 16.5. The number of likely N-dealkylation sites (N-methyl/N-ethyl adjacent to an activating group) is 1. The first-order valence-electron chi connectivity index (χ1n) is 7.32. The molecular formula is C18H18N2O4. The fourth-order valence-corrected chi connectivity index (χ4v) is 2.06. The molecule has 2 aromatic carbocycles. The van der Waals surface area contributed by atoms with Gasteiger partial charge in [-0.15, -0.1) is 0 Å². The van der Waals surface area contributed by atoms with Crippen LogP contribution in [0.4, 0.5) is 5.69 Å². The van der Waals surface area contributed by atoms with Crippen LogP contribution in [0.3, 0.4) is 0 Å². The Bertz CT molecular complexity index is 737. The Kier molecular flexibility index (Phi) is 5.68. The fraction of sp³-hybridized carbons (Fsp3) is 0.167. The van der Waals surface area contributed by atoms with Gasteiger partial charge in [0.25, 0.3) is 5.91 Å². The van der Waals surface area contributed by atoms with Crippen molar-refractivity contribution >= 4 is 23.5 Å². The number of rotatable bonds is 5. The van der Waals surface area contributed by atoms with E-state index in [-0.39, 0.29) is 11.8 Å². The van der Waals surface area contributed by atoms with Gasteiger partial charge in [-0.2, -0.15) is 0 Å². The fourth-order valence-electron chi connectivity index (χ4n) is 2.06. The van der Waals surface area contributed by atoms with E-state index in [1.807, 2.05) is 0 Å². The third-order valence-electron chi connectivity index (χ3n) is 3.42. The quantitative estimate of drug-likeness (QED) is 0.823. The van der Waals surface area contributed by atoms with Crippen molar-refractivity contribution in [2.45, 2.75) is 6.42 Å². The van der Waals surface area contributed by atoms with Crippen molar-refractivity contribution in [1.29, 1.82) is 0 Å². The summed E-state index contributed by atoms with van der Waals surface area (Å²) in [5.74, 6) is -0.809. The molecule has 0 aliphatic rings. The van der Waals surface area contributed by atoms with E-state index in [0.717, 1.165) is 5.56 Å². The molecule has 24 heavy (non-hydrogen) atoms. The van der Waals surface area contributed by atoms with Crippen LogP contribution >= 0.6 is 0 Å². The summed E-state index contributed by atoms with van der Waals surface area (Å²) in [6.07, 6.45) is 0.291. The lowest BCUT2D eigenvalue weighted by molar-refractivity contribution is -0.119. The molecule has 0 saturated heterocycles. The van der Waals surface area contributed by atoms with Gasteiger partial charge in [0.2, 0.25) is 5.91 Å². The predicted octanol–water partition coefficient (Wildman–Crippen LogP) is 2.01. The van der Waals surface area contributed by atoms with E-state index in [2.05, 4.69) is 15.4 Å². The molecule has 0 unspecified atom stereocenters. The molecule has 0 aliphatic heterocycles. The molecule has 0 heterocycles. The number of hydrogen-bond donors (Lipinski definition) is 2. The van der Waals surface area contributed by atoms with Gasteiger partial charge in [-0.1, -0.05) is 12.1 Å². The molecule has 2 N–H and O–H groups in total. The Labute approximate surface area is 139 Å². The highest BCUT2D eigenvalue weighted by molar-refractivity contribution is 6.04. The zero-order valence-corrected chi connectivity index (χ0v) is 13.5. The third kappa shape index (κ3) is 4.42. The molecule has 0 fully saturated rings. The average Bonchev–Trinajstić information content (AvgIpc) is 2.62. The molecule has 6 nitrogen and oxygen atoms in total. The third-order valence-corrected chi connectivity index (χ3v) is 3.42. The van der Waals surface area contributed by atoms with Gasteiger partial charge in [0, 0.05) is 18.3 Å². The van der Waals surface area contributed by atoms with Crippen molar-refractivity contribution in [3.8, 4) is 0 Å². The number of anilines is 1. The Balaban J connectivity index is 2.01. The minimum Gasteiger partial charge on any atom is -0.465 e. The van der Waals surface area contributed by atoms with E-state index >= 15 is 0 Å². The number of amides is 2. The summed E-state index contributed by atoms with van der Waals surface area (Å²) in [6.45, 7) is 0. The number of nitrogens with one attached hydrogen (secondary N) is 2. The van der Waals surface area contributed by atoms with Gasteiger partial charge in [0.15, 0.2) is 0 Å². The Morgan fingerprint density at radius 2 is 1.50 bits per heavy atom. The van der Waals surface area contributed by atoms with Gasteiger partial charge in [0.05, 0.1) is 19.1 Å². The van der Waals surface area contributed by atoms with E-state index in [0.29, 0.717) is 23.2 Å². The lowest BCUT2D eigenvalue weighted by atomic mass is 10.1. The van der Waals surface area contributed by atoms with Crippen LogP contribution in [0.2, 0.25) is 0 Å². The van der Waals surface area contributed by atoms with E-state index in [4.69, 9.17) is 0 Å². The van der Waals surface area contributed by atoms with Crippen molar-refractivity contribution in [2.24, 2.45) is 0 Å². The largest absolute Gasteiger partial charge is 0.465 e. The zero-order chi connectivity index (χ0) is 17.5. The molecule has 2 amide bonds. The summed E-state index contributed by atoms with van der Waals surface area (Å²) >= 11 is 0. The minimum atomic E-state index is -0.450. The highest BCUT2D eigenvalue weighted by Gasteiger charge is 2.09. The van der Waals surface area contributed by atoms with Crippen LogP contribution in [0.15, 0.2) is 48.5 Å². The number of ether oxygens (including phenoxy) is 1. The molecule has 6 heteroatoms. The van der Waals surface area contributed by atoms with Crippen LogP contribution in [0, 0.1) is 0 Å². The number of methoxy groups -OCH3 is 1. The van der Waals surface area contributed by atoms with Crippen molar-refractivity contribution < 1.29 is 19.1 Å². The second-order valence-electron chi connectivity index (χ2n) is 5.07. The summed E-state index contributed by atoms with van der Waals surface area (Å²) in [4.78, 5) is 34.9. The number of carbonyl (C=O) groups is 3. The van der Waals surface area contributed by atoms with Gasteiger partial charge in [-0.3, -0.25) is 9.59 Å². The lowest BCUT2D eigenvalue weighted by Crippen LogP contribution is -2.19. The van der Waals surface area contributed by atoms with Crippen molar-refractivity contribution in [1.82, 2.24) is 5.32 Å². The maximum Gasteiger partial charge on any atom is 0.337 e. The molecule has 0 saturated carbocycles. The van der Waals surface area contributed by atoms with E-state index in [9.17, 15) is 14.4 Å². The Hall–Kier alpha value is -3.15. The lowest BCUT2D eigenvalue weighted by Gasteiger charge is -2.07. The number of benzene rings is 2. The minimum absolute atomic E-state index is 0.0718. The summed E-state index contributed by atoms with van der Waals surface area (Å²) in [5, 5.41) is 5.32. The van der Waals surface area contributed by atoms with Gasteiger partial charge in [0.1, 0.15) is 0 Å². The molecule has 2 aromatic rings. The second-order valence-corrected chi connectivity index (χ2v) is 5.07. The molecule has 0 aromatic heterocycles. The molecule has 0 bridgehead atoms. The van der Waals surface area contributed by atoms with Crippen LogP contribution in [0.25, 0.3) is 0 Å². The summed E-state index contributed by atoms with van der Waals surface area (Å²) in [7, 11) is 2.89. The normalized spacial score (nSPS) is 9.92. The first-order chi connectivity index (χ1) is 11.5. The van der Waals surface area contributed by atoms with Crippen LogP contribution in [0.5, 0.6) is 0 Å². The second kappa shape index (κ2) is 7.92. The maximum absolute atomic E-state index is 12.2. The summed E-state index contributed by atoms with van der Waals surface area (Å²) < 4.78 is 4.61. The van der Waals surface area contributed by atoms with Gasteiger partial charge in [-0.05, 0) is 42.0 Å². The Morgan fingerprint density at radius 3 is 2.04 bits per heavy atom. The molecule has 0 spiro atoms. The van der Waals surface area contributed by atoms with Gasteiger partial charge in [-0.25, -0.2) is 4.79 Å². The average molecular weight is 326 g/mol. The topological polar surface area (TPSA) is 84.5 Å². The van der Waals surface area contributed by atoms with Crippen LogP contribution in [-0.2, 0) is 16.0 Å². The van der Waals surface area contributed by atoms with Crippen molar-refractivity contribution in [3.05, 3.63) is 65.2 Å².